The molecule has 1 N–H and O–H groups in total. The maximum absolute atomic E-state index is 13.1. The SMILES string of the molecule is Cn1cc(C(=O)/C(C#N)=N/Nc2cc(C(C)(C)C)cc(C(C)(C)C)c2)c2ccccc21. The molecule has 0 saturated carbocycles. The van der Waals surface area contributed by atoms with Gasteiger partial charge < -0.3 is 4.57 Å². The smallest absolute Gasteiger partial charge is 0.226 e. The minimum Gasteiger partial charge on any atom is -0.350 e. The maximum atomic E-state index is 13.1. The molecule has 31 heavy (non-hydrogen) atoms. The number of carbonyl (C=O) groups is 1. The molecule has 1 aromatic heterocycles. The normalized spacial score (nSPS) is 12.6. The Labute approximate surface area is 184 Å². The van der Waals surface area contributed by atoms with Crippen LogP contribution in [0.3, 0.4) is 0 Å². The zero-order valence-corrected chi connectivity index (χ0v) is 19.4. The van der Waals surface area contributed by atoms with E-state index in [2.05, 4.69) is 58.1 Å². The first kappa shape index (κ1) is 22.3. The van der Waals surface area contributed by atoms with Gasteiger partial charge in [0.25, 0.3) is 0 Å². The number of rotatable bonds is 4. The summed E-state index contributed by atoms with van der Waals surface area (Å²) in [7, 11) is 1.88. The lowest BCUT2D eigenvalue weighted by molar-refractivity contribution is 0.106. The fourth-order valence-electron chi connectivity index (χ4n) is 3.46. The maximum Gasteiger partial charge on any atom is 0.226 e. The topological polar surface area (TPSA) is 70.2 Å². The molecule has 0 unspecified atom stereocenters. The van der Waals surface area contributed by atoms with Crippen LogP contribution < -0.4 is 5.43 Å². The predicted molar refractivity (Wildman–Crippen MR) is 128 cm³/mol. The monoisotopic (exact) mass is 414 g/mol. The average Bonchev–Trinajstić information content (AvgIpc) is 3.04. The van der Waals surface area contributed by atoms with Crippen molar-refractivity contribution in [1.82, 2.24) is 4.57 Å². The van der Waals surface area contributed by atoms with E-state index < -0.39 is 5.78 Å². The first-order chi connectivity index (χ1) is 14.4. The molecule has 0 fully saturated rings. The second-order valence-corrected chi connectivity index (χ2v) is 9.98. The van der Waals surface area contributed by atoms with Gasteiger partial charge in [0.15, 0.2) is 0 Å². The van der Waals surface area contributed by atoms with Crippen molar-refractivity contribution in [3.05, 3.63) is 65.4 Å². The molecule has 3 aromatic rings. The molecular formula is C26H30N4O. The third kappa shape index (κ3) is 4.69. The van der Waals surface area contributed by atoms with Crippen molar-refractivity contribution in [3.8, 4) is 6.07 Å². The molecule has 5 nitrogen and oxygen atoms in total. The highest BCUT2D eigenvalue weighted by Gasteiger charge is 2.22. The Hall–Kier alpha value is -3.39. The van der Waals surface area contributed by atoms with Crippen molar-refractivity contribution in [2.24, 2.45) is 12.1 Å². The van der Waals surface area contributed by atoms with Gasteiger partial charge in [0.1, 0.15) is 6.07 Å². The van der Waals surface area contributed by atoms with Gasteiger partial charge in [-0.05, 0) is 40.2 Å². The molecule has 0 aliphatic heterocycles. The van der Waals surface area contributed by atoms with E-state index in [9.17, 15) is 10.1 Å². The van der Waals surface area contributed by atoms with Crippen molar-refractivity contribution >= 4 is 28.1 Å². The number of nitrogens with zero attached hydrogens (tertiary/aromatic N) is 3. The number of hydrogen-bond donors (Lipinski definition) is 1. The summed E-state index contributed by atoms with van der Waals surface area (Å²) in [6.07, 6.45) is 1.75. The van der Waals surface area contributed by atoms with Crippen molar-refractivity contribution in [2.45, 2.75) is 52.4 Å². The molecule has 0 radical (unpaired) electrons. The standard InChI is InChI=1S/C26H30N4O/c1-25(2,3)17-12-18(26(4,5)6)14-19(13-17)28-29-22(15-27)24(31)21-16-30(7)23-11-9-8-10-20(21)23/h8-14,16,28H,1-7H3/b29-22+. The van der Waals surface area contributed by atoms with Crippen LogP contribution in [-0.4, -0.2) is 16.1 Å². The summed E-state index contributed by atoms with van der Waals surface area (Å²) in [6, 6.07) is 15.9. The number of fused-ring (bicyclic) bond motifs is 1. The molecule has 0 saturated heterocycles. The lowest BCUT2D eigenvalue weighted by Gasteiger charge is -2.26. The Morgan fingerprint density at radius 2 is 1.58 bits per heavy atom. The third-order valence-electron chi connectivity index (χ3n) is 5.42. The zero-order valence-electron chi connectivity index (χ0n) is 19.4. The summed E-state index contributed by atoms with van der Waals surface area (Å²) < 4.78 is 1.88. The molecule has 0 atom stereocenters. The number of aryl methyl sites for hydroxylation is 1. The Bertz CT molecular complexity index is 1180. The predicted octanol–water partition coefficient (Wildman–Crippen LogP) is 5.95. The van der Waals surface area contributed by atoms with Crippen molar-refractivity contribution in [2.75, 3.05) is 5.43 Å². The minimum absolute atomic E-state index is 0.0434. The Balaban J connectivity index is 1.99. The Morgan fingerprint density at radius 3 is 2.13 bits per heavy atom. The number of hydrogen-bond acceptors (Lipinski definition) is 4. The first-order valence-corrected chi connectivity index (χ1v) is 10.4. The van der Waals surface area contributed by atoms with Gasteiger partial charge in [-0.2, -0.15) is 10.4 Å². The average molecular weight is 415 g/mol. The number of hydrazone groups is 1. The van der Waals surface area contributed by atoms with Gasteiger partial charge in [0.2, 0.25) is 11.5 Å². The highest BCUT2D eigenvalue weighted by Crippen LogP contribution is 2.32. The highest BCUT2D eigenvalue weighted by atomic mass is 16.1. The lowest BCUT2D eigenvalue weighted by atomic mass is 9.80. The third-order valence-corrected chi connectivity index (χ3v) is 5.42. The van der Waals surface area contributed by atoms with Crippen LogP contribution in [0.25, 0.3) is 10.9 Å². The van der Waals surface area contributed by atoms with Crippen LogP contribution in [0.1, 0.15) is 63.0 Å². The number of para-hydroxylation sites is 1. The number of carbonyl (C=O) groups excluding carboxylic acids is 1. The summed E-state index contributed by atoms with van der Waals surface area (Å²) >= 11 is 0. The number of anilines is 1. The van der Waals surface area contributed by atoms with Gasteiger partial charge in [0, 0.05) is 24.1 Å². The van der Waals surface area contributed by atoms with Crippen LogP contribution in [0.5, 0.6) is 0 Å². The lowest BCUT2D eigenvalue weighted by Crippen LogP contribution is -2.17. The molecule has 2 aromatic carbocycles. The van der Waals surface area contributed by atoms with Crippen LogP contribution in [0.15, 0.2) is 53.8 Å². The van der Waals surface area contributed by atoms with Gasteiger partial charge in [0.05, 0.1) is 11.3 Å². The van der Waals surface area contributed by atoms with E-state index in [0.717, 1.165) is 27.7 Å². The number of nitrogens with one attached hydrogen (secondary N) is 1. The fourth-order valence-corrected chi connectivity index (χ4v) is 3.46. The number of Topliss-reactive ketones (excluding diaryl/α,β-unsaturated/α-hetero) is 1. The zero-order chi connectivity index (χ0) is 23.0. The summed E-state index contributed by atoms with van der Waals surface area (Å²) in [5.74, 6) is -0.394. The molecule has 0 spiro atoms. The Morgan fingerprint density at radius 1 is 1.00 bits per heavy atom. The molecule has 0 aliphatic rings. The molecule has 0 amide bonds. The van der Waals surface area contributed by atoms with Gasteiger partial charge in [-0.3, -0.25) is 10.2 Å². The second kappa shape index (κ2) is 8.03. The van der Waals surface area contributed by atoms with Crippen molar-refractivity contribution in [3.63, 3.8) is 0 Å². The van der Waals surface area contributed by atoms with Crippen LogP contribution in [0.2, 0.25) is 0 Å². The van der Waals surface area contributed by atoms with Crippen LogP contribution >= 0.6 is 0 Å². The van der Waals surface area contributed by atoms with Gasteiger partial charge in [-0.25, -0.2) is 0 Å². The fraction of sp³-hybridized carbons (Fsp3) is 0.346. The van der Waals surface area contributed by atoms with E-state index in [1.807, 2.05) is 54.1 Å². The molecule has 3 rings (SSSR count). The van der Waals surface area contributed by atoms with Crippen LogP contribution in [0, 0.1) is 11.3 Å². The summed E-state index contributed by atoms with van der Waals surface area (Å²) in [5.41, 5.74) is 7.20. The van der Waals surface area contributed by atoms with Gasteiger partial charge >= 0.3 is 0 Å². The van der Waals surface area contributed by atoms with E-state index in [-0.39, 0.29) is 16.5 Å². The van der Waals surface area contributed by atoms with E-state index in [1.54, 1.807) is 6.20 Å². The number of aromatic nitrogens is 1. The number of ketones is 1. The quantitative estimate of drug-likeness (QED) is 0.326. The molecule has 160 valence electrons. The number of benzene rings is 2. The summed E-state index contributed by atoms with van der Waals surface area (Å²) in [4.78, 5) is 13.1. The van der Waals surface area contributed by atoms with Crippen molar-refractivity contribution in [1.29, 1.82) is 5.26 Å². The van der Waals surface area contributed by atoms with E-state index in [1.165, 1.54) is 0 Å². The minimum atomic E-state index is -0.394. The molecule has 5 heteroatoms. The van der Waals surface area contributed by atoms with Crippen LogP contribution in [0.4, 0.5) is 5.69 Å². The molecule has 0 bridgehead atoms. The molecule has 1 heterocycles. The van der Waals surface area contributed by atoms with E-state index >= 15 is 0 Å². The number of nitriles is 1. The van der Waals surface area contributed by atoms with Crippen molar-refractivity contribution < 1.29 is 4.79 Å². The van der Waals surface area contributed by atoms with Crippen LogP contribution in [-0.2, 0) is 17.9 Å². The Kier molecular flexibility index (Phi) is 5.78. The molecular weight excluding hydrogens is 384 g/mol. The van der Waals surface area contributed by atoms with E-state index in [4.69, 9.17) is 0 Å². The van der Waals surface area contributed by atoms with E-state index in [0.29, 0.717) is 5.56 Å². The molecule has 0 aliphatic carbocycles. The van der Waals surface area contributed by atoms with Gasteiger partial charge in [-0.15, -0.1) is 0 Å². The summed E-state index contributed by atoms with van der Waals surface area (Å²) in [6.45, 7) is 13.0. The highest BCUT2D eigenvalue weighted by molar-refractivity contribution is 6.53. The first-order valence-electron chi connectivity index (χ1n) is 10.4. The van der Waals surface area contributed by atoms with Gasteiger partial charge in [-0.1, -0.05) is 65.8 Å². The second-order valence-electron chi connectivity index (χ2n) is 9.98. The largest absolute Gasteiger partial charge is 0.350 e. The summed E-state index contributed by atoms with van der Waals surface area (Å²) in [5, 5.41) is 14.6.